The number of carbonyl (C=O) groups is 2. The van der Waals surface area contributed by atoms with E-state index in [1.54, 1.807) is 0 Å². The molecule has 0 saturated heterocycles. The van der Waals surface area contributed by atoms with Gasteiger partial charge < -0.3 is 14.8 Å². The Morgan fingerprint density at radius 2 is 1.59 bits per heavy atom. The van der Waals surface area contributed by atoms with Gasteiger partial charge in [-0.15, -0.1) is 0 Å². The summed E-state index contributed by atoms with van der Waals surface area (Å²) in [5.41, 5.74) is 2.93. The number of esters is 2. The fourth-order valence-corrected chi connectivity index (χ4v) is 3.74. The minimum atomic E-state index is -0.562. The van der Waals surface area contributed by atoms with Crippen LogP contribution in [0.5, 0.6) is 5.75 Å². The van der Waals surface area contributed by atoms with Crippen molar-refractivity contribution in [3.05, 3.63) is 71.8 Å². The van der Waals surface area contributed by atoms with Crippen molar-refractivity contribution >= 4 is 33.9 Å². The molecule has 34 heavy (non-hydrogen) atoms. The molecule has 6 heteroatoms. The molecule has 0 heterocycles. The minimum Gasteiger partial charge on any atom is -0.494 e. The van der Waals surface area contributed by atoms with Gasteiger partial charge in [-0.2, -0.15) is 0 Å². The molecule has 0 bridgehead atoms. The standard InChI is InChI=1S/C14H19N.C10H13BrO.C4H6O3/c1-15-11-5-4-7-13-10-9-12-6-2-3-8-14(12)13;11-8-4-5-9-12-10-6-2-1-3-7-10;1-3(5)7-4(2)6/h2-3,6,8-10,13,15H,4-5,7,11H2,1H3;1-3,6-7H,4-5,8-9H2;1-2H3. The fourth-order valence-electron chi connectivity index (χ4n) is 3.35. The third-order valence-electron chi connectivity index (χ3n) is 4.92. The van der Waals surface area contributed by atoms with E-state index < -0.39 is 11.9 Å². The average Bonchev–Trinajstić information content (AvgIpc) is 3.23. The first-order chi connectivity index (χ1) is 16.5. The van der Waals surface area contributed by atoms with Crippen LogP contribution in [0.4, 0.5) is 0 Å². The molecule has 0 aliphatic heterocycles. The number of halogens is 1. The van der Waals surface area contributed by atoms with Gasteiger partial charge in [0.1, 0.15) is 5.75 Å². The number of benzene rings is 2. The van der Waals surface area contributed by atoms with Crippen molar-refractivity contribution in [2.45, 2.75) is 51.9 Å². The summed E-state index contributed by atoms with van der Waals surface area (Å²) < 4.78 is 9.46. The molecule has 0 aromatic heterocycles. The second-order valence-corrected chi connectivity index (χ2v) is 8.63. The fraction of sp³-hybridized carbons (Fsp3) is 0.429. The summed E-state index contributed by atoms with van der Waals surface area (Å²) >= 11 is 3.38. The van der Waals surface area contributed by atoms with Crippen molar-refractivity contribution < 1.29 is 19.1 Å². The third kappa shape index (κ3) is 14.0. The van der Waals surface area contributed by atoms with Gasteiger partial charge in [-0.25, -0.2) is 0 Å². The molecule has 2 aromatic carbocycles. The van der Waals surface area contributed by atoms with Crippen molar-refractivity contribution in [2.24, 2.45) is 0 Å². The molecule has 0 radical (unpaired) electrons. The number of unbranched alkanes of at least 4 members (excludes halogenated alkanes) is 2. The van der Waals surface area contributed by atoms with E-state index in [4.69, 9.17) is 4.74 Å². The summed E-state index contributed by atoms with van der Waals surface area (Å²) in [5, 5.41) is 4.25. The molecule has 1 N–H and O–H groups in total. The van der Waals surface area contributed by atoms with E-state index in [2.05, 4.69) is 62.4 Å². The van der Waals surface area contributed by atoms with E-state index in [0.29, 0.717) is 5.92 Å². The second-order valence-electron chi connectivity index (χ2n) is 7.84. The van der Waals surface area contributed by atoms with Crippen LogP contribution >= 0.6 is 15.9 Å². The van der Waals surface area contributed by atoms with Gasteiger partial charge in [0.05, 0.1) is 6.61 Å². The molecule has 0 spiro atoms. The molecule has 0 fully saturated rings. The number of fused-ring (bicyclic) bond motifs is 1. The molecule has 1 atom stereocenters. The summed E-state index contributed by atoms with van der Waals surface area (Å²) in [6, 6.07) is 18.7. The number of carbonyl (C=O) groups excluding carboxylic acids is 2. The van der Waals surface area contributed by atoms with Crippen molar-refractivity contribution in [1.82, 2.24) is 5.32 Å². The number of rotatable bonds is 10. The van der Waals surface area contributed by atoms with Crippen molar-refractivity contribution in [2.75, 3.05) is 25.5 Å². The minimum absolute atomic E-state index is 0.562. The summed E-state index contributed by atoms with van der Waals surface area (Å²) in [7, 11) is 2.02. The van der Waals surface area contributed by atoms with Crippen LogP contribution in [0.1, 0.15) is 63.0 Å². The summed E-state index contributed by atoms with van der Waals surface area (Å²) in [5.74, 6) is 0.505. The molecule has 3 rings (SSSR count). The van der Waals surface area contributed by atoms with E-state index in [0.717, 1.165) is 30.7 Å². The highest BCUT2D eigenvalue weighted by Crippen LogP contribution is 2.33. The van der Waals surface area contributed by atoms with Crippen LogP contribution in [-0.4, -0.2) is 37.5 Å². The SMILES string of the molecule is BrCCCCOc1ccccc1.CC(=O)OC(C)=O.CNCCCCC1C=Cc2ccccc21. The highest BCUT2D eigenvalue weighted by molar-refractivity contribution is 9.09. The van der Waals surface area contributed by atoms with Gasteiger partial charge in [-0.05, 0) is 62.5 Å². The maximum absolute atomic E-state index is 9.81. The van der Waals surface area contributed by atoms with Crippen molar-refractivity contribution in [1.29, 1.82) is 0 Å². The van der Waals surface area contributed by atoms with Crippen LogP contribution < -0.4 is 10.1 Å². The maximum atomic E-state index is 9.81. The zero-order valence-electron chi connectivity index (χ0n) is 20.6. The van der Waals surface area contributed by atoms with Crippen LogP contribution in [0.2, 0.25) is 0 Å². The Balaban J connectivity index is 0.000000274. The van der Waals surface area contributed by atoms with E-state index in [9.17, 15) is 9.59 Å². The molecule has 2 aromatic rings. The summed E-state index contributed by atoms with van der Waals surface area (Å²) in [4.78, 5) is 19.6. The quantitative estimate of drug-likeness (QED) is 0.163. The third-order valence-corrected chi connectivity index (χ3v) is 5.48. The van der Waals surface area contributed by atoms with Gasteiger partial charge in [0.25, 0.3) is 0 Å². The summed E-state index contributed by atoms with van der Waals surface area (Å²) in [6.45, 7) is 4.32. The number of allylic oxidation sites excluding steroid dienone is 1. The van der Waals surface area contributed by atoms with E-state index in [1.165, 1.54) is 50.7 Å². The normalized spacial score (nSPS) is 13.0. The molecule has 0 amide bonds. The number of alkyl halides is 1. The zero-order valence-corrected chi connectivity index (χ0v) is 22.2. The van der Waals surface area contributed by atoms with Crippen molar-refractivity contribution in [3.8, 4) is 5.75 Å². The number of para-hydroxylation sites is 1. The molecular formula is C28H38BrNO4. The Morgan fingerprint density at radius 1 is 0.912 bits per heavy atom. The van der Waals surface area contributed by atoms with Gasteiger partial charge in [0.15, 0.2) is 0 Å². The topological polar surface area (TPSA) is 64.6 Å². The Hall–Kier alpha value is -2.44. The van der Waals surface area contributed by atoms with Crippen LogP contribution in [0.25, 0.3) is 6.08 Å². The molecule has 1 aliphatic carbocycles. The van der Waals surface area contributed by atoms with Crippen molar-refractivity contribution in [3.63, 3.8) is 0 Å². The molecule has 0 saturated carbocycles. The Labute approximate surface area is 213 Å². The lowest BCUT2D eigenvalue weighted by Crippen LogP contribution is -2.07. The van der Waals surface area contributed by atoms with Gasteiger partial charge in [0.2, 0.25) is 0 Å². The number of nitrogens with one attached hydrogen (secondary N) is 1. The van der Waals surface area contributed by atoms with Crippen LogP contribution in [0.3, 0.4) is 0 Å². The lowest BCUT2D eigenvalue weighted by molar-refractivity contribution is -0.156. The maximum Gasteiger partial charge on any atom is 0.310 e. The first-order valence-electron chi connectivity index (χ1n) is 11.8. The monoisotopic (exact) mass is 531 g/mol. The van der Waals surface area contributed by atoms with Crippen LogP contribution in [-0.2, 0) is 14.3 Å². The molecular weight excluding hydrogens is 494 g/mol. The highest BCUT2D eigenvalue weighted by atomic mass is 79.9. The first-order valence-corrected chi connectivity index (χ1v) is 12.9. The second kappa shape index (κ2) is 18.9. The Morgan fingerprint density at radius 3 is 2.21 bits per heavy atom. The van der Waals surface area contributed by atoms with Gasteiger partial charge >= 0.3 is 11.9 Å². The van der Waals surface area contributed by atoms with E-state index >= 15 is 0 Å². The first kappa shape index (κ1) is 29.6. The largest absolute Gasteiger partial charge is 0.494 e. The Bertz CT molecular complexity index is 842. The molecule has 1 aliphatic rings. The number of hydrogen-bond acceptors (Lipinski definition) is 5. The average molecular weight is 533 g/mol. The number of ether oxygens (including phenoxy) is 2. The van der Waals surface area contributed by atoms with Gasteiger partial charge in [-0.3, -0.25) is 9.59 Å². The zero-order chi connectivity index (χ0) is 25.0. The van der Waals surface area contributed by atoms with Crippen LogP contribution in [0.15, 0.2) is 60.7 Å². The lowest BCUT2D eigenvalue weighted by Gasteiger charge is -2.10. The highest BCUT2D eigenvalue weighted by Gasteiger charge is 2.15. The lowest BCUT2D eigenvalue weighted by atomic mass is 9.95. The predicted octanol–water partition coefficient (Wildman–Crippen LogP) is 6.52. The molecule has 186 valence electrons. The predicted molar refractivity (Wildman–Crippen MR) is 143 cm³/mol. The van der Waals surface area contributed by atoms with Gasteiger partial charge in [0, 0.05) is 25.1 Å². The number of hydrogen-bond donors (Lipinski definition) is 1. The smallest absolute Gasteiger partial charge is 0.310 e. The van der Waals surface area contributed by atoms with Gasteiger partial charge in [-0.1, -0.05) is 77.0 Å². The molecule has 1 unspecified atom stereocenters. The Kier molecular flexibility index (Phi) is 16.5. The molecule has 5 nitrogen and oxygen atoms in total. The van der Waals surface area contributed by atoms with E-state index in [1.807, 2.05) is 37.4 Å². The van der Waals surface area contributed by atoms with Crippen LogP contribution in [0, 0.1) is 0 Å². The summed E-state index contributed by atoms with van der Waals surface area (Å²) in [6.07, 6.45) is 10.8. The van der Waals surface area contributed by atoms with E-state index in [-0.39, 0.29) is 0 Å².